The SMILES string of the molecule is C=C(CCCC(CCC)CN(C)/C=c1/c(C)c(C(=O)NCCN2CCC(F)(F)C2)ccc1=C)c1ccc(SC(F)(F)F)cc1. The van der Waals surface area contributed by atoms with E-state index in [2.05, 4.69) is 30.3 Å². The summed E-state index contributed by atoms with van der Waals surface area (Å²) >= 11 is -0.118. The summed E-state index contributed by atoms with van der Waals surface area (Å²) in [5.74, 6) is -2.45. The molecule has 242 valence electrons. The number of rotatable bonds is 15. The summed E-state index contributed by atoms with van der Waals surface area (Å²) in [6.45, 7) is 13.9. The Morgan fingerprint density at radius 1 is 1.18 bits per heavy atom. The van der Waals surface area contributed by atoms with Crippen LogP contribution in [-0.2, 0) is 0 Å². The standard InChI is InChI=1S/C34H44F5N3OS/c1-6-8-27(10-7-9-24(2)28-12-14-29(15-13-28)44-34(37,38)39)21-41(5)22-31-25(3)11-16-30(26(31)4)32(43)40-18-20-42-19-17-33(35,36)23-42/h11-16,22,27H,2-3,6-10,17-21,23H2,1,4-5H3,(H,40,43)/b31-22+. The zero-order valence-electron chi connectivity index (χ0n) is 25.9. The average molecular weight is 638 g/mol. The number of allylic oxidation sites excluding steroid dienone is 1. The maximum atomic E-state index is 13.4. The lowest BCUT2D eigenvalue weighted by molar-refractivity contribution is -0.0328. The monoisotopic (exact) mass is 637 g/mol. The quantitative estimate of drug-likeness (QED) is 0.168. The summed E-state index contributed by atoms with van der Waals surface area (Å²) in [5, 5.41) is 4.57. The van der Waals surface area contributed by atoms with Gasteiger partial charge in [0, 0.05) is 61.5 Å². The van der Waals surface area contributed by atoms with Crippen LogP contribution in [0.25, 0.3) is 18.4 Å². The molecule has 0 aromatic heterocycles. The first-order valence-corrected chi connectivity index (χ1v) is 15.9. The maximum absolute atomic E-state index is 13.4. The Morgan fingerprint density at radius 3 is 2.50 bits per heavy atom. The van der Waals surface area contributed by atoms with Crippen LogP contribution in [0, 0.1) is 12.8 Å². The number of carbonyl (C=O) groups is 1. The van der Waals surface area contributed by atoms with Crippen molar-refractivity contribution in [2.75, 3.05) is 39.8 Å². The van der Waals surface area contributed by atoms with E-state index in [1.807, 2.05) is 26.2 Å². The van der Waals surface area contributed by atoms with E-state index in [1.54, 1.807) is 23.1 Å². The molecule has 1 aliphatic heterocycles. The summed E-state index contributed by atoms with van der Waals surface area (Å²) in [5.41, 5.74) is -1.18. The fraction of sp³-hybridized carbons (Fsp3) is 0.500. The fourth-order valence-corrected chi connectivity index (χ4v) is 6.23. The van der Waals surface area contributed by atoms with Crippen molar-refractivity contribution in [1.29, 1.82) is 0 Å². The van der Waals surface area contributed by atoms with Gasteiger partial charge in [0.2, 0.25) is 0 Å². The molecule has 0 saturated carbocycles. The van der Waals surface area contributed by atoms with Gasteiger partial charge >= 0.3 is 5.51 Å². The summed E-state index contributed by atoms with van der Waals surface area (Å²) < 4.78 is 64.7. The molecule has 0 spiro atoms. The molecule has 1 amide bonds. The number of thioether (sulfide) groups is 1. The van der Waals surface area contributed by atoms with Gasteiger partial charge in [-0.3, -0.25) is 9.69 Å². The highest BCUT2D eigenvalue weighted by Gasteiger charge is 2.37. The molecule has 44 heavy (non-hydrogen) atoms. The minimum Gasteiger partial charge on any atom is -0.380 e. The number of carbonyl (C=O) groups excluding carboxylic acids is 1. The third-order valence-corrected chi connectivity index (χ3v) is 8.73. The van der Waals surface area contributed by atoms with Crippen molar-refractivity contribution in [2.24, 2.45) is 5.92 Å². The Labute approximate surface area is 262 Å². The van der Waals surface area contributed by atoms with Gasteiger partial charge in [0.25, 0.3) is 11.8 Å². The van der Waals surface area contributed by atoms with E-state index in [9.17, 15) is 26.7 Å². The van der Waals surface area contributed by atoms with Gasteiger partial charge in [-0.2, -0.15) is 13.2 Å². The Bertz CT molecular complexity index is 1380. The number of hydrogen-bond donors (Lipinski definition) is 1. The van der Waals surface area contributed by atoms with E-state index in [-0.39, 0.29) is 35.5 Å². The zero-order valence-corrected chi connectivity index (χ0v) is 26.7. The highest BCUT2D eigenvalue weighted by atomic mass is 32.2. The predicted molar refractivity (Wildman–Crippen MR) is 171 cm³/mol. The smallest absolute Gasteiger partial charge is 0.380 e. The van der Waals surface area contributed by atoms with Crippen LogP contribution in [0.15, 0.2) is 47.9 Å². The minimum absolute atomic E-state index is 0.118. The van der Waals surface area contributed by atoms with E-state index in [0.717, 1.165) is 65.8 Å². The molecule has 1 heterocycles. The Morgan fingerprint density at radius 2 is 1.89 bits per heavy atom. The second kappa shape index (κ2) is 15.9. The van der Waals surface area contributed by atoms with Crippen LogP contribution >= 0.6 is 11.8 Å². The molecular weight excluding hydrogens is 593 g/mol. The Kier molecular flexibility index (Phi) is 12.9. The van der Waals surface area contributed by atoms with Gasteiger partial charge in [-0.25, -0.2) is 8.78 Å². The minimum atomic E-state index is -4.30. The van der Waals surface area contributed by atoms with E-state index in [1.165, 1.54) is 12.1 Å². The molecule has 3 rings (SSSR count). The third-order valence-electron chi connectivity index (χ3n) is 7.99. The first kappa shape index (κ1) is 35.6. The molecule has 1 atom stereocenters. The van der Waals surface area contributed by atoms with Crippen LogP contribution in [0.3, 0.4) is 0 Å². The summed E-state index contributed by atoms with van der Waals surface area (Å²) in [6.07, 6.45) is 6.64. The molecule has 2 aromatic carbocycles. The normalized spacial score (nSPS) is 16.2. The van der Waals surface area contributed by atoms with Crippen LogP contribution in [0.4, 0.5) is 22.0 Å². The van der Waals surface area contributed by atoms with Gasteiger partial charge in [-0.15, -0.1) is 0 Å². The first-order chi connectivity index (χ1) is 20.7. The molecule has 2 aromatic rings. The number of nitrogens with one attached hydrogen (secondary N) is 1. The van der Waals surface area contributed by atoms with Crippen molar-refractivity contribution >= 4 is 36.0 Å². The molecule has 1 aliphatic rings. The van der Waals surface area contributed by atoms with Crippen molar-refractivity contribution in [3.8, 4) is 0 Å². The van der Waals surface area contributed by atoms with Crippen LogP contribution in [0.5, 0.6) is 0 Å². The summed E-state index contributed by atoms with van der Waals surface area (Å²) in [6, 6.07) is 9.95. The van der Waals surface area contributed by atoms with Crippen LogP contribution in [-0.4, -0.2) is 66.9 Å². The number of amides is 1. The second-order valence-electron chi connectivity index (χ2n) is 11.7. The maximum Gasteiger partial charge on any atom is 0.446 e. The first-order valence-electron chi connectivity index (χ1n) is 15.1. The predicted octanol–water partition coefficient (Wildman–Crippen LogP) is 7.06. The molecule has 1 unspecified atom stereocenters. The number of hydrogen-bond acceptors (Lipinski definition) is 4. The lowest BCUT2D eigenvalue weighted by Gasteiger charge is -2.23. The van der Waals surface area contributed by atoms with Crippen molar-refractivity contribution in [1.82, 2.24) is 15.1 Å². The van der Waals surface area contributed by atoms with Crippen LogP contribution in [0.2, 0.25) is 0 Å². The average Bonchev–Trinajstić information content (AvgIpc) is 3.28. The van der Waals surface area contributed by atoms with Gasteiger partial charge < -0.3 is 10.2 Å². The Balaban J connectivity index is 1.56. The highest BCUT2D eigenvalue weighted by Crippen LogP contribution is 2.37. The van der Waals surface area contributed by atoms with Gasteiger partial charge in [0.15, 0.2) is 0 Å². The van der Waals surface area contributed by atoms with E-state index in [0.29, 0.717) is 31.1 Å². The number of likely N-dealkylation sites (tertiary alicyclic amines) is 1. The fourth-order valence-electron chi connectivity index (χ4n) is 5.69. The number of nitrogens with zero attached hydrogens (tertiary/aromatic N) is 2. The molecular formula is C34H44F5N3OS. The van der Waals surface area contributed by atoms with E-state index >= 15 is 0 Å². The van der Waals surface area contributed by atoms with Crippen molar-refractivity contribution in [3.05, 3.63) is 70.1 Å². The lowest BCUT2D eigenvalue weighted by Crippen LogP contribution is -2.37. The third kappa shape index (κ3) is 11.3. The Hall–Kier alpha value is -2.85. The molecule has 0 aliphatic carbocycles. The van der Waals surface area contributed by atoms with Crippen molar-refractivity contribution in [3.63, 3.8) is 0 Å². The van der Waals surface area contributed by atoms with Gasteiger partial charge in [-0.05, 0) is 90.4 Å². The second-order valence-corrected chi connectivity index (χ2v) is 12.9. The van der Waals surface area contributed by atoms with E-state index in [4.69, 9.17) is 0 Å². The lowest BCUT2D eigenvalue weighted by atomic mass is 9.93. The summed E-state index contributed by atoms with van der Waals surface area (Å²) in [4.78, 5) is 16.9. The molecule has 0 radical (unpaired) electrons. The van der Waals surface area contributed by atoms with Crippen molar-refractivity contribution in [2.45, 2.75) is 68.7 Å². The number of alkyl halides is 5. The van der Waals surface area contributed by atoms with Gasteiger partial charge in [0.05, 0.1) is 6.54 Å². The van der Waals surface area contributed by atoms with Crippen LogP contribution < -0.4 is 15.8 Å². The molecule has 4 nitrogen and oxygen atoms in total. The highest BCUT2D eigenvalue weighted by molar-refractivity contribution is 8.00. The van der Waals surface area contributed by atoms with Crippen LogP contribution in [0.1, 0.15) is 66.9 Å². The molecule has 1 fully saturated rings. The van der Waals surface area contributed by atoms with Crippen molar-refractivity contribution < 1.29 is 26.7 Å². The number of benzene rings is 2. The largest absolute Gasteiger partial charge is 0.446 e. The zero-order chi connectivity index (χ0) is 32.5. The van der Waals surface area contributed by atoms with E-state index < -0.39 is 11.4 Å². The molecule has 1 N–H and O–H groups in total. The molecule has 10 heteroatoms. The molecule has 1 saturated heterocycles. The van der Waals surface area contributed by atoms with Gasteiger partial charge in [-0.1, -0.05) is 44.7 Å². The van der Waals surface area contributed by atoms with Gasteiger partial charge in [0.1, 0.15) is 0 Å². The molecule has 0 bridgehead atoms. The number of halogens is 5. The topological polar surface area (TPSA) is 35.6 Å². The summed E-state index contributed by atoms with van der Waals surface area (Å²) in [7, 11) is 2.01.